The fourth-order valence-corrected chi connectivity index (χ4v) is 3.04. The molecule has 162 valence electrons. The van der Waals surface area contributed by atoms with Crippen LogP contribution in [0.1, 0.15) is 48.1 Å². The summed E-state index contributed by atoms with van der Waals surface area (Å²) in [6.07, 6.45) is 3.41. The van der Waals surface area contributed by atoms with E-state index in [4.69, 9.17) is 9.47 Å². The Labute approximate surface area is 182 Å². The van der Waals surface area contributed by atoms with Gasteiger partial charge in [-0.15, -0.1) is 0 Å². The Bertz CT molecular complexity index is 997. The molecule has 1 unspecified atom stereocenters. The predicted molar refractivity (Wildman–Crippen MR) is 116 cm³/mol. The number of imidazole rings is 1. The molecule has 1 heterocycles. The smallest absolute Gasteiger partial charge is 0.308 e. The zero-order chi connectivity index (χ0) is 22.2. The van der Waals surface area contributed by atoms with Crippen LogP contribution in [0, 0.1) is 0 Å². The predicted octanol–water partition coefficient (Wildman–Crippen LogP) is 3.81. The molecule has 31 heavy (non-hydrogen) atoms. The molecule has 1 atom stereocenters. The Morgan fingerprint density at radius 2 is 1.77 bits per heavy atom. The molecule has 7 nitrogen and oxygen atoms in total. The Kier molecular flexibility index (Phi) is 7.43. The second kappa shape index (κ2) is 10.4. The van der Waals surface area contributed by atoms with Crippen molar-refractivity contribution in [3.63, 3.8) is 0 Å². The van der Waals surface area contributed by atoms with Crippen molar-refractivity contribution in [2.45, 2.75) is 39.0 Å². The second-order valence-corrected chi connectivity index (χ2v) is 7.45. The molecule has 3 rings (SSSR count). The fourth-order valence-electron chi connectivity index (χ4n) is 3.04. The van der Waals surface area contributed by atoms with Crippen LogP contribution in [0.15, 0.2) is 67.0 Å². The number of ether oxygens (including phenoxy) is 2. The minimum atomic E-state index is -0.487. The van der Waals surface area contributed by atoms with E-state index in [1.165, 1.54) is 0 Å². The van der Waals surface area contributed by atoms with Gasteiger partial charge in [-0.25, -0.2) is 4.98 Å². The molecule has 1 amide bonds. The highest BCUT2D eigenvalue weighted by Gasteiger charge is 2.20. The van der Waals surface area contributed by atoms with E-state index in [-0.39, 0.29) is 24.4 Å². The molecule has 0 bridgehead atoms. The van der Waals surface area contributed by atoms with Gasteiger partial charge >= 0.3 is 5.97 Å². The van der Waals surface area contributed by atoms with Gasteiger partial charge in [0.15, 0.2) is 0 Å². The highest BCUT2D eigenvalue weighted by Crippen LogP contribution is 2.20. The zero-order valence-corrected chi connectivity index (χ0v) is 17.9. The topological polar surface area (TPSA) is 82.4 Å². The third-order valence-electron chi connectivity index (χ3n) is 4.65. The summed E-state index contributed by atoms with van der Waals surface area (Å²) in [5, 5.41) is 2.94. The molecule has 0 spiro atoms. The SMILES string of the molecule is CC(C)OC(=O)CC(NC(=O)c1ccc(OCc2nccn2C)cc1)c1ccccc1. The van der Waals surface area contributed by atoms with Crippen LogP contribution in [-0.2, 0) is 23.2 Å². The maximum atomic E-state index is 12.8. The number of nitrogens with one attached hydrogen (secondary N) is 1. The van der Waals surface area contributed by atoms with Gasteiger partial charge in [-0.05, 0) is 43.7 Å². The van der Waals surface area contributed by atoms with Gasteiger partial charge in [0.2, 0.25) is 0 Å². The fraction of sp³-hybridized carbons (Fsp3) is 0.292. The lowest BCUT2D eigenvalue weighted by Gasteiger charge is -2.19. The summed E-state index contributed by atoms with van der Waals surface area (Å²) in [5.74, 6) is 0.810. The lowest BCUT2D eigenvalue weighted by atomic mass is 10.0. The molecule has 3 aromatic rings. The number of aromatic nitrogens is 2. The zero-order valence-electron chi connectivity index (χ0n) is 17.9. The minimum absolute atomic E-state index is 0.0544. The molecular formula is C24H27N3O4. The van der Waals surface area contributed by atoms with Crippen molar-refractivity contribution in [2.75, 3.05) is 0 Å². The number of hydrogen-bond acceptors (Lipinski definition) is 5. The summed E-state index contributed by atoms with van der Waals surface area (Å²) in [4.78, 5) is 29.2. The molecule has 2 aromatic carbocycles. The summed E-state index contributed by atoms with van der Waals surface area (Å²) in [6.45, 7) is 3.93. The Hall–Kier alpha value is -3.61. The molecule has 0 aliphatic carbocycles. The van der Waals surface area contributed by atoms with E-state index < -0.39 is 6.04 Å². The van der Waals surface area contributed by atoms with Crippen LogP contribution in [0.2, 0.25) is 0 Å². The molecule has 0 fully saturated rings. The van der Waals surface area contributed by atoms with Crippen molar-refractivity contribution in [1.82, 2.24) is 14.9 Å². The third-order valence-corrected chi connectivity index (χ3v) is 4.65. The van der Waals surface area contributed by atoms with Crippen LogP contribution in [0.25, 0.3) is 0 Å². The third kappa shape index (κ3) is 6.44. The second-order valence-electron chi connectivity index (χ2n) is 7.45. The molecule has 0 aliphatic heterocycles. The van der Waals surface area contributed by atoms with E-state index in [9.17, 15) is 9.59 Å². The van der Waals surface area contributed by atoms with Gasteiger partial charge in [-0.3, -0.25) is 9.59 Å². The number of nitrogens with zero attached hydrogens (tertiary/aromatic N) is 2. The van der Waals surface area contributed by atoms with E-state index in [1.807, 2.05) is 48.1 Å². The Morgan fingerprint density at radius 3 is 2.39 bits per heavy atom. The lowest BCUT2D eigenvalue weighted by molar-refractivity contribution is -0.147. The number of aryl methyl sites for hydroxylation is 1. The maximum absolute atomic E-state index is 12.8. The van der Waals surface area contributed by atoms with E-state index in [0.717, 1.165) is 11.4 Å². The van der Waals surface area contributed by atoms with Gasteiger partial charge in [0.05, 0.1) is 18.6 Å². The molecule has 7 heteroatoms. The van der Waals surface area contributed by atoms with E-state index >= 15 is 0 Å². The average molecular weight is 421 g/mol. The molecule has 0 saturated carbocycles. The van der Waals surface area contributed by atoms with Crippen molar-refractivity contribution in [3.8, 4) is 5.75 Å². The van der Waals surface area contributed by atoms with Gasteiger partial charge in [0.1, 0.15) is 18.2 Å². The van der Waals surface area contributed by atoms with Gasteiger partial charge in [0, 0.05) is 25.0 Å². The summed E-state index contributed by atoms with van der Waals surface area (Å²) in [7, 11) is 1.90. The molecule has 0 radical (unpaired) electrons. The number of benzene rings is 2. The first-order valence-corrected chi connectivity index (χ1v) is 10.2. The summed E-state index contributed by atoms with van der Waals surface area (Å²) >= 11 is 0. The van der Waals surface area contributed by atoms with E-state index in [1.54, 1.807) is 44.3 Å². The van der Waals surface area contributed by atoms with Crippen LogP contribution in [-0.4, -0.2) is 27.5 Å². The molecular weight excluding hydrogens is 394 g/mol. The van der Waals surface area contributed by atoms with Crippen LogP contribution in [0.5, 0.6) is 5.75 Å². The summed E-state index contributed by atoms with van der Waals surface area (Å²) in [6, 6.07) is 15.8. The number of carbonyl (C=O) groups excluding carboxylic acids is 2. The van der Waals surface area contributed by atoms with E-state index in [2.05, 4.69) is 10.3 Å². The number of amides is 1. The van der Waals surface area contributed by atoms with Crippen LogP contribution >= 0.6 is 0 Å². The highest BCUT2D eigenvalue weighted by molar-refractivity contribution is 5.94. The van der Waals surface area contributed by atoms with Crippen molar-refractivity contribution < 1.29 is 19.1 Å². The van der Waals surface area contributed by atoms with Crippen LogP contribution in [0.4, 0.5) is 0 Å². The molecule has 0 saturated heterocycles. The largest absolute Gasteiger partial charge is 0.486 e. The van der Waals surface area contributed by atoms with Crippen molar-refractivity contribution in [2.24, 2.45) is 7.05 Å². The van der Waals surface area contributed by atoms with E-state index in [0.29, 0.717) is 17.9 Å². The number of esters is 1. The van der Waals surface area contributed by atoms with Gasteiger partial charge in [0.25, 0.3) is 5.91 Å². The number of carbonyl (C=O) groups is 2. The normalized spacial score (nSPS) is 11.7. The summed E-state index contributed by atoms with van der Waals surface area (Å²) < 4.78 is 12.9. The maximum Gasteiger partial charge on any atom is 0.308 e. The standard InChI is InChI=1S/C24H27N3O4/c1-17(2)31-23(28)15-21(18-7-5-4-6-8-18)26-24(29)19-9-11-20(12-10-19)30-16-22-25-13-14-27(22)3/h4-14,17,21H,15-16H2,1-3H3,(H,26,29). The van der Waals surface area contributed by atoms with Crippen molar-refractivity contribution in [3.05, 3.63) is 83.9 Å². The molecule has 0 aliphatic rings. The molecule has 1 N–H and O–H groups in total. The lowest BCUT2D eigenvalue weighted by Crippen LogP contribution is -2.31. The average Bonchev–Trinajstić information content (AvgIpc) is 3.17. The van der Waals surface area contributed by atoms with Gasteiger partial charge in [-0.2, -0.15) is 0 Å². The van der Waals surface area contributed by atoms with Crippen LogP contribution in [0.3, 0.4) is 0 Å². The minimum Gasteiger partial charge on any atom is -0.486 e. The van der Waals surface area contributed by atoms with Crippen molar-refractivity contribution in [1.29, 1.82) is 0 Å². The highest BCUT2D eigenvalue weighted by atomic mass is 16.5. The first-order valence-electron chi connectivity index (χ1n) is 10.2. The van der Waals surface area contributed by atoms with Crippen molar-refractivity contribution >= 4 is 11.9 Å². The Morgan fingerprint density at radius 1 is 1.06 bits per heavy atom. The summed E-state index contributed by atoms with van der Waals surface area (Å²) in [5.41, 5.74) is 1.31. The monoisotopic (exact) mass is 421 g/mol. The first kappa shape index (κ1) is 22.1. The molecule has 1 aromatic heterocycles. The van der Waals surface area contributed by atoms with Crippen LogP contribution < -0.4 is 10.1 Å². The number of rotatable bonds is 9. The quantitative estimate of drug-likeness (QED) is 0.531. The van der Waals surface area contributed by atoms with Gasteiger partial charge < -0.3 is 19.4 Å². The first-order chi connectivity index (χ1) is 14.9. The Balaban J connectivity index is 1.65. The van der Waals surface area contributed by atoms with Gasteiger partial charge in [-0.1, -0.05) is 30.3 Å². The number of hydrogen-bond donors (Lipinski definition) is 1.